The van der Waals surface area contributed by atoms with Crippen LogP contribution in [0.5, 0.6) is 5.75 Å². The van der Waals surface area contributed by atoms with Gasteiger partial charge in [0.1, 0.15) is 12.4 Å². The molecule has 1 saturated carbocycles. The molecule has 4 nitrogen and oxygen atoms in total. The summed E-state index contributed by atoms with van der Waals surface area (Å²) in [6.07, 6.45) is 6.54. The molecule has 0 aromatic heterocycles. The lowest BCUT2D eigenvalue weighted by atomic mass is 9.74. The highest BCUT2D eigenvalue weighted by atomic mass is 16.5. The van der Waals surface area contributed by atoms with Crippen LogP contribution < -0.4 is 10.2 Å². The number of hydrogen-bond donors (Lipinski definition) is 1. The summed E-state index contributed by atoms with van der Waals surface area (Å²) < 4.78 is 5.70. The van der Waals surface area contributed by atoms with Crippen molar-refractivity contribution in [3.05, 3.63) is 77.9 Å². The molecule has 0 aliphatic heterocycles. The second-order valence-corrected chi connectivity index (χ2v) is 6.50. The molecular weight excluding hydrogens is 312 g/mol. The van der Waals surface area contributed by atoms with Crippen molar-refractivity contribution in [3.63, 3.8) is 0 Å². The highest BCUT2D eigenvalue weighted by Crippen LogP contribution is 2.40. The van der Waals surface area contributed by atoms with Gasteiger partial charge in [-0.3, -0.25) is 4.79 Å². The first-order valence-corrected chi connectivity index (χ1v) is 8.60. The van der Waals surface area contributed by atoms with Gasteiger partial charge in [-0.05, 0) is 48.6 Å². The van der Waals surface area contributed by atoms with E-state index in [1.165, 1.54) is 0 Å². The number of carbonyl (C=O) groups is 1. The topological polar surface area (TPSA) is 50.7 Å². The van der Waals surface area contributed by atoms with Crippen molar-refractivity contribution in [2.75, 3.05) is 0 Å². The lowest BCUT2D eigenvalue weighted by Gasteiger charge is -2.31. The largest absolute Gasteiger partial charge is 0.489 e. The average molecular weight is 332 g/mol. The Morgan fingerprint density at radius 2 is 1.92 bits per heavy atom. The molecule has 2 aliphatic carbocycles. The summed E-state index contributed by atoms with van der Waals surface area (Å²) in [7, 11) is 0. The summed E-state index contributed by atoms with van der Waals surface area (Å²) in [5.74, 6) is 1.81. The number of rotatable bonds is 5. The number of amides is 1. The maximum Gasteiger partial charge on any atom is 0.271 e. The van der Waals surface area contributed by atoms with Crippen LogP contribution in [0.1, 0.15) is 28.8 Å². The first kappa shape index (κ1) is 15.6. The second kappa shape index (κ2) is 6.93. The minimum Gasteiger partial charge on any atom is -0.489 e. The van der Waals surface area contributed by atoms with Crippen molar-refractivity contribution in [1.82, 2.24) is 5.43 Å². The third kappa shape index (κ3) is 3.48. The molecule has 2 aliphatic rings. The molecule has 4 heteroatoms. The molecule has 0 spiro atoms. The van der Waals surface area contributed by atoms with Crippen LogP contribution >= 0.6 is 0 Å². The van der Waals surface area contributed by atoms with E-state index in [2.05, 4.69) is 22.7 Å². The van der Waals surface area contributed by atoms with Crippen molar-refractivity contribution < 1.29 is 9.53 Å². The highest BCUT2D eigenvalue weighted by Gasteiger charge is 2.37. The monoisotopic (exact) mass is 332 g/mol. The van der Waals surface area contributed by atoms with Crippen LogP contribution in [0.25, 0.3) is 0 Å². The number of nitrogens with one attached hydrogen (secondary N) is 1. The zero-order chi connectivity index (χ0) is 17.1. The Morgan fingerprint density at radius 3 is 2.68 bits per heavy atom. The molecule has 2 atom stereocenters. The van der Waals surface area contributed by atoms with Gasteiger partial charge in [-0.15, -0.1) is 0 Å². The molecule has 126 valence electrons. The van der Waals surface area contributed by atoms with Crippen LogP contribution in [0.3, 0.4) is 0 Å². The van der Waals surface area contributed by atoms with Crippen molar-refractivity contribution >= 4 is 11.6 Å². The molecule has 4 rings (SSSR count). The van der Waals surface area contributed by atoms with E-state index in [-0.39, 0.29) is 5.91 Å². The van der Waals surface area contributed by atoms with E-state index in [4.69, 9.17) is 4.74 Å². The van der Waals surface area contributed by atoms with Crippen molar-refractivity contribution in [2.24, 2.45) is 16.9 Å². The molecule has 2 aromatic rings. The van der Waals surface area contributed by atoms with Gasteiger partial charge in [0.2, 0.25) is 0 Å². The van der Waals surface area contributed by atoms with E-state index in [9.17, 15) is 4.79 Å². The van der Waals surface area contributed by atoms with Gasteiger partial charge >= 0.3 is 0 Å². The number of hydrogen-bond acceptors (Lipinski definition) is 3. The van der Waals surface area contributed by atoms with Crippen LogP contribution in [-0.2, 0) is 6.61 Å². The Balaban J connectivity index is 1.31. The normalized spacial score (nSPS) is 22.3. The maximum absolute atomic E-state index is 12.2. The minimum atomic E-state index is -0.173. The standard InChI is InChI=1S/C21H20N2O2/c24-21(23-22-20-13-17-5-4-8-19(17)20)16-11-9-15(10-12-16)14-25-18-6-2-1-3-7-18/h1-4,6-12,17,19H,5,13-14H2,(H,23,24). The molecular formula is C21H20N2O2. The van der Waals surface area contributed by atoms with Gasteiger partial charge < -0.3 is 4.74 Å². The minimum absolute atomic E-state index is 0.173. The maximum atomic E-state index is 12.2. The fourth-order valence-electron chi connectivity index (χ4n) is 3.28. The molecule has 2 unspecified atom stereocenters. The smallest absolute Gasteiger partial charge is 0.271 e. The van der Waals surface area contributed by atoms with Gasteiger partial charge in [-0.2, -0.15) is 5.10 Å². The van der Waals surface area contributed by atoms with E-state index in [1.54, 1.807) is 12.1 Å². The van der Waals surface area contributed by atoms with Crippen LogP contribution in [0.2, 0.25) is 0 Å². The Labute approximate surface area is 147 Å². The molecule has 0 saturated heterocycles. The molecule has 1 fully saturated rings. The number of nitrogens with zero attached hydrogens (tertiary/aromatic N) is 1. The van der Waals surface area contributed by atoms with Crippen molar-refractivity contribution in [2.45, 2.75) is 19.4 Å². The lowest BCUT2D eigenvalue weighted by Crippen LogP contribution is -2.35. The Morgan fingerprint density at radius 1 is 1.12 bits per heavy atom. The number of benzene rings is 2. The average Bonchev–Trinajstić information content (AvgIpc) is 3.02. The van der Waals surface area contributed by atoms with Gasteiger partial charge in [0.05, 0.1) is 0 Å². The van der Waals surface area contributed by atoms with Gasteiger partial charge in [0.25, 0.3) is 5.91 Å². The Kier molecular flexibility index (Phi) is 4.34. The molecule has 0 radical (unpaired) electrons. The number of carbonyl (C=O) groups excluding carboxylic acids is 1. The van der Waals surface area contributed by atoms with Gasteiger partial charge in [0, 0.05) is 17.2 Å². The van der Waals surface area contributed by atoms with E-state index in [0.717, 1.165) is 29.9 Å². The number of allylic oxidation sites excluding steroid dienone is 2. The van der Waals surface area contributed by atoms with E-state index >= 15 is 0 Å². The zero-order valence-electron chi connectivity index (χ0n) is 13.9. The molecule has 25 heavy (non-hydrogen) atoms. The van der Waals surface area contributed by atoms with Crippen LogP contribution in [0, 0.1) is 11.8 Å². The van der Waals surface area contributed by atoms with Gasteiger partial charge in [-0.1, -0.05) is 42.5 Å². The Hall–Kier alpha value is -2.88. The van der Waals surface area contributed by atoms with E-state index < -0.39 is 0 Å². The third-order valence-electron chi connectivity index (χ3n) is 4.81. The van der Waals surface area contributed by atoms with Crippen LogP contribution in [-0.4, -0.2) is 11.6 Å². The number of hydrazone groups is 1. The lowest BCUT2D eigenvalue weighted by molar-refractivity contribution is 0.0954. The first-order chi connectivity index (χ1) is 12.3. The summed E-state index contributed by atoms with van der Waals surface area (Å²) in [5.41, 5.74) is 5.38. The SMILES string of the molecule is O=C(NN=C1CC2CC=CC12)c1ccc(COc2ccccc2)cc1. The molecule has 2 aromatic carbocycles. The fourth-order valence-corrected chi connectivity index (χ4v) is 3.28. The summed E-state index contributed by atoms with van der Waals surface area (Å²) in [6, 6.07) is 17.1. The van der Waals surface area contributed by atoms with Gasteiger partial charge in [0.15, 0.2) is 0 Å². The quantitative estimate of drug-likeness (QED) is 0.666. The van der Waals surface area contributed by atoms with Crippen LogP contribution in [0.4, 0.5) is 0 Å². The Bertz CT molecular complexity index is 810. The van der Waals surface area contributed by atoms with E-state index in [1.807, 2.05) is 42.5 Å². The highest BCUT2D eigenvalue weighted by molar-refractivity contribution is 5.98. The predicted octanol–water partition coefficient (Wildman–Crippen LogP) is 3.95. The summed E-state index contributed by atoms with van der Waals surface area (Å²) in [5, 5.41) is 4.29. The molecule has 1 amide bonds. The van der Waals surface area contributed by atoms with Gasteiger partial charge in [-0.25, -0.2) is 5.43 Å². The van der Waals surface area contributed by atoms with E-state index in [0.29, 0.717) is 24.0 Å². The third-order valence-corrected chi connectivity index (χ3v) is 4.81. The molecule has 0 heterocycles. The fraction of sp³-hybridized carbons (Fsp3) is 0.238. The number of para-hydroxylation sites is 1. The number of ether oxygens (including phenoxy) is 1. The summed E-state index contributed by atoms with van der Waals surface area (Å²) in [4.78, 5) is 12.2. The van der Waals surface area contributed by atoms with Crippen LogP contribution in [0.15, 0.2) is 71.9 Å². The number of fused-ring (bicyclic) bond motifs is 1. The summed E-state index contributed by atoms with van der Waals surface area (Å²) >= 11 is 0. The molecule has 0 bridgehead atoms. The zero-order valence-corrected chi connectivity index (χ0v) is 13.9. The summed E-state index contributed by atoms with van der Waals surface area (Å²) in [6.45, 7) is 0.476. The first-order valence-electron chi connectivity index (χ1n) is 8.60. The van der Waals surface area contributed by atoms with Crippen molar-refractivity contribution in [3.8, 4) is 5.75 Å². The van der Waals surface area contributed by atoms with Crippen molar-refractivity contribution in [1.29, 1.82) is 0 Å². The predicted molar refractivity (Wildman–Crippen MR) is 97.5 cm³/mol. The molecule has 1 N–H and O–H groups in total. The second-order valence-electron chi connectivity index (χ2n) is 6.50.